The van der Waals surface area contributed by atoms with E-state index in [2.05, 4.69) is 12.2 Å². The second-order valence-electron chi connectivity index (χ2n) is 7.32. The van der Waals surface area contributed by atoms with Crippen LogP contribution >= 0.6 is 0 Å². The molecule has 0 aliphatic carbocycles. The standard InChI is InChI=1S/C20H32N2O4/c1-5-6-7-15-25-18-10-8-17(9-11-18)20(24)21-13-12-19(23)26-16-14-22(2,3)4/h8-11H,5-7,12-16H2,1-4H3/p+1. The van der Waals surface area contributed by atoms with E-state index in [1.807, 2.05) is 21.1 Å². The Labute approximate surface area is 157 Å². The molecule has 0 fully saturated rings. The van der Waals surface area contributed by atoms with Crippen LogP contribution in [-0.4, -0.2) is 63.8 Å². The first-order valence-corrected chi connectivity index (χ1v) is 9.29. The number of hydrogen-bond donors (Lipinski definition) is 1. The Morgan fingerprint density at radius 3 is 2.35 bits per heavy atom. The van der Waals surface area contributed by atoms with Crippen molar-refractivity contribution in [2.75, 3.05) is 47.4 Å². The Bertz CT molecular complexity index is 550. The zero-order valence-electron chi connectivity index (χ0n) is 16.5. The SMILES string of the molecule is CCCCCOc1ccc(C(=O)NCCC(=O)OCC[N+](C)(C)C)cc1. The van der Waals surface area contributed by atoms with E-state index in [1.165, 1.54) is 0 Å². The number of carbonyl (C=O) groups excluding carboxylic acids is 2. The number of ether oxygens (including phenoxy) is 2. The van der Waals surface area contributed by atoms with Crippen molar-refractivity contribution in [1.29, 1.82) is 0 Å². The number of nitrogens with one attached hydrogen (secondary N) is 1. The van der Waals surface area contributed by atoms with Crippen LogP contribution in [0.4, 0.5) is 0 Å². The van der Waals surface area contributed by atoms with Crippen LogP contribution in [0, 0.1) is 0 Å². The summed E-state index contributed by atoms with van der Waals surface area (Å²) in [6, 6.07) is 7.04. The fourth-order valence-corrected chi connectivity index (χ4v) is 2.13. The Hall–Kier alpha value is -2.08. The summed E-state index contributed by atoms with van der Waals surface area (Å²) in [5.41, 5.74) is 0.546. The van der Waals surface area contributed by atoms with E-state index >= 15 is 0 Å². The van der Waals surface area contributed by atoms with Crippen molar-refractivity contribution in [3.63, 3.8) is 0 Å². The smallest absolute Gasteiger partial charge is 0.307 e. The first kappa shape index (κ1) is 22.0. The zero-order valence-corrected chi connectivity index (χ0v) is 16.5. The highest BCUT2D eigenvalue weighted by atomic mass is 16.5. The molecule has 0 atom stereocenters. The maximum atomic E-state index is 12.1. The van der Waals surface area contributed by atoms with Crippen molar-refractivity contribution >= 4 is 11.9 Å². The van der Waals surface area contributed by atoms with Crippen molar-refractivity contribution < 1.29 is 23.5 Å². The minimum absolute atomic E-state index is 0.168. The lowest BCUT2D eigenvalue weighted by molar-refractivity contribution is -0.870. The predicted molar refractivity (Wildman–Crippen MR) is 102 cm³/mol. The number of quaternary nitrogens is 1. The number of amides is 1. The monoisotopic (exact) mass is 365 g/mol. The van der Waals surface area contributed by atoms with E-state index in [4.69, 9.17) is 9.47 Å². The molecular formula is C20H33N2O4+. The van der Waals surface area contributed by atoms with Crippen LogP contribution < -0.4 is 10.1 Å². The maximum absolute atomic E-state index is 12.1. The number of esters is 1. The van der Waals surface area contributed by atoms with E-state index in [1.54, 1.807) is 24.3 Å². The summed E-state index contributed by atoms with van der Waals surface area (Å²) in [7, 11) is 6.11. The van der Waals surface area contributed by atoms with E-state index in [9.17, 15) is 9.59 Å². The molecule has 0 bridgehead atoms. The van der Waals surface area contributed by atoms with Crippen molar-refractivity contribution in [2.24, 2.45) is 0 Å². The molecule has 146 valence electrons. The van der Waals surface area contributed by atoms with Crippen LogP contribution in [0.3, 0.4) is 0 Å². The van der Waals surface area contributed by atoms with Crippen molar-refractivity contribution in [1.82, 2.24) is 5.32 Å². The topological polar surface area (TPSA) is 64.6 Å². The third-order valence-corrected chi connectivity index (χ3v) is 3.77. The minimum Gasteiger partial charge on any atom is -0.494 e. The first-order chi connectivity index (χ1) is 12.3. The van der Waals surface area contributed by atoms with E-state index in [-0.39, 0.29) is 24.8 Å². The molecule has 1 amide bonds. The van der Waals surface area contributed by atoms with E-state index in [0.717, 1.165) is 36.0 Å². The molecule has 0 spiro atoms. The number of nitrogens with zero attached hydrogens (tertiary/aromatic N) is 1. The highest BCUT2D eigenvalue weighted by Gasteiger charge is 2.10. The highest BCUT2D eigenvalue weighted by molar-refractivity contribution is 5.94. The van der Waals surface area contributed by atoms with Gasteiger partial charge in [0.2, 0.25) is 0 Å². The van der Waals surface area contributed by atoms with Gasteiger partial charge >= 0.3 is 5.97 Å². The Kier molecular flexibility index (Phi) is 9.73. The van der Waals surface area contributed by atoms with Crippen LogP contribution in [-0.2, 0) is 9.53 Å². The molecule has 26 heavy (non-hydrogen) atoms. The molecule has 1 rings (SSSR count). The second kappa shape index (κ2) is 11.5. The van der Waals surface area contributed by atoms with Gasteiger partial charge < -0.3 is 19.3 Å². The van der Waals surface area contributed by atoms with Crippen LogP contribution in [0.25, 0.3) is 0 Å². The molecule has 0 heterocycles. The molecule has 0 saturated carbocycles. The summed E-state index contributed by atoms with van der Waals surface area (Å²) in [5, 5.41) is 2.73. The van der Waals surface area contributed by atoms with Gasteiger partial charge in [0.25, 0.3) is 5.91 Å². The van der Waals surface area contributed by atoms with Gasteiger partial charge in [-0.2, -0.15) is 0 Å². The molecule has 6 nitrogen and oxygen atoms in total. The van der Waals surface area contributed by atoms with E-state index < -0.39 is 0 Å². The third-order valence-electron chi connectivity index (χ3n) is 3.77. The Balaban J connectivity index is 2.25. The molecule has 0 aliphatic heterocycles. The van der Waals surface area contributed by atoms with Crippen LogP contribution in [0.15, 0.2) is 24.3 Å². The minimum atomic E-state index is -0.297. The summed E-state index contributed by atoms with van der Waals surface area (Å²) in [5.74, 6) is 0.259. The molecule has 1 N–H and O–H groups in total. The number of unbranched alkanes of at least 4 members (excludes halogenated alkanes) is 2. The third kappa shape index (κ3) is 10.0. The lowest BCUT2D eigenvalue weighted by atomic mass is 10.2. The fraction of sp³-hybridized carbons (Fsp3) is 0.600. The number of carbonyl (C=O) groups is 2. The Morgan fingerprint density at radius 1 is 1.04 bits per heavy atom. The fourth-order valence-electron chi connectivity index (χ4n) is 2.13. The van der Waals surface area contributed by atoms with Crippen molar-refractivity contribution in [2.45, 2.75) is 32.6 Å². The second-order valence-corrected chi connectivity index (χ2v) is 7.32. The van der Waals surface area contributed by atoms with Crippen LogP contribution in [0.5, 0.6) is 5.75 Å². The quantitative estimate of drug-likeness (QED) is 0.351. The molecule has 1 aromatic rings. The lowest BCUT2D eigenvalue weighted by Crippen LogP contribution is -2.38. The average molecular weight is 365 g/mol. The van der Waals surface area contributed by atoms with Crippen molar-refractivity contribution in [3.8, 4) is 5.75 Å². The first-order valence-electron chi connectivity index (χ1n) is 9.29. The van der Waals surface area contributed by atoms with Crippen LogP contribution in [0.2, 0.25) is 0 Å². The average Bonchev–Trinajstić information content (AvgIpc) is 2.58. The molecule has 0 unspecified atom stereocenters. The van der Waals surface area contributed by atoms with Gasteiger partial charge in [0.05, 0.1) is 34.2 Å². The summed E-state index contributed by atoms with van der Waals surface area (Å²) in [6.45, 7) is 4.24. The number of hydrogen-bond acceptors (Lipinski definition) is 4. The predicted octanol–water partition coefficient (Wildman–Crippen LogP) is 2.62. The zero-order chi connectivity index (χ0) is 19.4. The summed E-state index contributed by atoms with van der Waals surface area (Å²) in [4.78, 5) is 23.7. The summed E-state index contributed by atoms with van der Waals surface area (Å²) >= 11 is 0. The van der Waals surface area contributed by atoms with Gasteiger partial charge in [-0.15, -0.1) is 0 Å². The highest BCUT2D eigenvalue weighted by Crippen LogP contribution is 2.13. The normalized spacial score (nSPS) is 11.1. The molecule has 6 heteroatoms. The molecule has 0 saturated heterocycles. The molecule has 0 aromatic heterocycles. The van der Waals surface area contributed by atoms with Gasteiger partial charge in [0, 0.05) is 12.1 Å². The van der Waals surface area contributed by atoms with Crippen molar-refractivity contribution in [3.05, 3.63) is 29.8 Å². The number of rotatable bonds is 12. The maximum Gasteiger partial charge on any atom is 0.307 e. The van der Waals surface area contributed by atoms with Gasteiger partial charge in [0.15, 0.2) is 0 Å². The number of benzene rings is 1. The van der Waals surface area contributed by atoms with Crippen LogP contribution in [0.1, 0.15) is 43.0 Å². The molecule has 0 aliphatic rings. The molecular weight excluding hydrogens is 332 g/mol. The molecule has 1 aromatic carbocycles. The van der Waals surface area contributed by atoms with Gasteiger partial charge in [-0.05, 0) is 30.7 Å². The lowest BCUT2D eigenvalue weighted by Gasteiger charge is -2.23. The summed E-state index contributed by atoms with van der Waals surface area (Å²) in [6.07, 6.45) is 3.51. The Morgan fingerprint density at radius 2 is 1.73 bits per heavy atom. The van der Waals surface area contributed by atoms with E-state index in [0.29, 0.717) is 18.8 Å². The van der Waals surface area contributed by atoms with Gasteiger partial charge in [-0.3, -0.25) is 9.59 Å². The summed E-state index contributed by atoms with van der Waals surface area (Å²) < 4.78 is 11.5. The largest absolute Gasteiger partial charge is 0.494 e. The van der Waals surface area contributed by atoms with Gasteiger partial charge in [-0.25, -0.2) is 0 Å². The molecule has 0 radical (unpaired) electrons. The number of likely N-dealkylation sites (N-methyl/N-ethyl adjacent to an activating group) is 1. The van der Waals surface area contributed by atoms with Gasteiger partial charge in [-0.1, -0.05) is 19.8 Å². The van der Waals surface area contributed by atoms with Gasteiger partial charge in [0.1, 0.15) is 18.9 Å².